The summed E-state index contributed by atoms with van der Waals surface area (Å²) in [6, 6.07) is 3.83. The van der Waals surface area contributed by atoms with E-state index in [0.717, 1.165) is 35.5 Å². The second-order valence-electron chi connectivity index (χ2n) is 3.56. The van der Waals surface area contributed by atoms with Crippen molar-refractivity contribution < 1.29 is 14.7 Å². The van der Waals surface area contributed by atoms with Crippen molar-refractivity contribution in [2.75, 3.05) is 14.2 Å². The Hall–Kier alpha value is -1.26. The van der Waals surface area contributed by atoms with Gasteiger partial charge >= 0.3 is 0 Å². The van der Waals surface area contributed by atoms with E-state index in [4.69, 9.17) is 14.7 Å². The fraction of sp³-hybridized carbons (Fsp3) is 0.500. The van der Waals surface area contributed by atoms with Crippen LogP contribution in [0.25, 0.3) is 0 Å². The molecular weight excluding hydrogens is 206 g/mol. The normalized spacial score (nSPS) is 10.2. The molecule has 16 heavy (non-hydrogen) atoms. The molecule has 1 aromatic rings. The summed E-state index contributed by atoms with van der Waals surface area (Å²) in [6.07, 6.45) is 1.95. The van der Waals surface area contributed by atoms with E-state index >= 15 is 0 Å². The van der Waals surface area contributed by atoms with Crippen molar-refractivity contribution in [3.63, 3.8) is 0 Å². The van der Waals surface area contributed by atoms with Crippen LogP contribution in [0.2, 0.25) is 0 Å². The highest BCUT2D eigenvalue weighted by Gasteiger charge is 2.11. The Morgan fingerprint density at radius 1 is 1.19 bits per heavy atom. The molecule has 0 radical (unpaired) electrons. The Balaban J connectivity index is 3.14. The Bertz CT molecular complexity index is 314. The minimum Gasteiger partial charge on any atom is -0.496 e. The standard InChI is InChI=1S/C12H19NO3/c1-4-5-10-11(15-2)6-9(8-13-14)7-12(10)16-3/h6-7,13-14H,4-5,8H2,1-3H3. The van der Waals surface area contributed by atoms with Gasteiger partial charge in [0.25, 0.3) is 0 Å². The molecule has 0 unspecified atom stereocenters. The van der Waals surface area contributed by atoms with E-state index in [-0.39, 0.29) is 0 Å². The van der Waals surface area contributed by atoms with Crippen molar-refractivity contribution >= 4 is 0 Å². The molecule has 4 nitrogen and oxygen atoms in total. The smallest absolute Gasteiger partial charge is 0.126 e. The Labute approximate surface area is 96.1 Å². The first-order valence-corrected chi connectivity index (χ1v) is 5.37. The molecule has 1 aromatic carbocycles. The van der Waals surface area contributed by atoms with Gasteiger partial charge in [-0.1, -0.05) is 13.3 Å². The molecule has 90 valence electrons. The lowest BCUT2D eigenvalue weighted by Gasteiger charge is -2.14. The molecule has 0 aromatic heterocycles. The number of hydroxylamine groups is 1. The van der Waals surface area contributed by atoms with Gasteiger partial charge in [-0.3, -0.25) is 0 Å². The van der Waals surface area contributed by atoms with Crippen LogP contribution in [0.1, 0.15) is 24.5 Å². The predicted molar refractivity (Wildman–Crippen MR) is 62.2 cm³/mol. The minimum absolute atomic E-state index is 0.374. The number of hydrogen-bond acceptors (Lipinski definition) is 4. The monoisotopic (exact) mass is 225 g/mol. The summed E-state index contributed by atoms with van der Waals surface area (Å²) in [5, 5.41) is 8.69. The second kappa shape index (κ2) is 6.35. The van der Waals surface area contributed by atoms with Gasteiger partial charge in [0.15, 0.2) is 0 Å². The molecule has 4 heteroatoms. The van der Waals surface area contributed by atoms with E-state index in [1.54, 1.807) is 14.2 Å². The van der Waals surface area contributed by atoms with Crippen LogP contribution in [0.4, 0.5) is 0 Å². The van der Waals surface area contributed by atoms with Gasteiger partial charge in [-0.2, -0.15) is 0 Å². The molecule has 0 atom stereocenters. The molecule has 0 aliphatic heterocycles. The molecule has 0 amide bonds. The molecule has 0 spiro atoms. The van der Waals surface area contributed by atoms with Crippen LogP contribution < -0.4 is 15.0 Å². The lowest BCUT2D eigenvalue weighted by Crippen LogP contribution is -2.07. The van der Waals surface area contributed by atoms with Gasteiger partial charge in [-0.05, 0) is 24.1 Å². The van der Waals surface area contributed by atoms with Crippen LogP contribution in [-0.4, -0.2) is 19.4 Å². The first-order chi connectivity index (χ1) is 7.76. The number of methoxy groups -OCH3 is 2. The molecule has 2 N–H and O–H groups in total. The minimum atomic E-state index is 0.374. The van der Waals surface area contributed by atoms with E-state index < -0.39 is 0 Å². The maximum absolute atomic E-state index is 8.69. The largest absolute Gasteiger partial charge is 0.496 e. The van der Waals surface area contributed by atoms with Crippen molar-refractivity contribution in [3.8, 4) is 11.5 Å². The molecule has 0 heterocycles. The fourth-order valence-electron chi connectivity index (χ4n) is 1.73. The van der Waals surface area contributed by atoms with Crippen molar-refractivity contribution in [3.05, 3.63) is 23.3 Å². The maximum Gasteiger partial charge on any atom is 0.126 e. The Kier molecular flexibility index (Phi) is 5.08. The molecule has 0 saturated heterocycles. The van der Waals surface area contributed by atoms with Crippen LogP contribution in [0.3, 0.4) is 0 Å². The van der Waals surface area contributed by atoms with Gasteiger partial charge in [0.05, 0.1) is 14.2 Å². The average molecular weight is 225 g/mol. The summed E-state index contributed by atoms with van der Waals surface area (Å²) < 4.78 is 10.7. The van der Waals surface area contributed by atoms with E-state index in [0.29, 0.717) is 6.54 Å². The van der Waals surface area contributed by atoms with Gasteiger partial charge in [0, 0.05) is 12.1 Å². The molecule has 0 bridgehead atoms. The van der Waals surface area contributed by atoms with E-state index in [9.17, 15) is 0 Å². The Morgan fingerprint density at radius 2 is 1.75 bits per heavy atom. The summed E-state index contributed by atoms with van der Waals surface area (Å²) >= 11 is 0. The predicted octanol–water partition coefficient (Wildman–Crippen LogP) is 2.14. The molecule has 1 rings (SSSR count). The third-order valence-electron chi connectivity index (χ3n) is 2.45. The molecule has 0 fully saturated rings. The summed E-state index contributed by atoms with van der Waals surface area (Å²) in [6.45, 7) is 2.49. The van der Waals surface area contributed by atoms with Crippen LogP contribution in [-0.2, 0) is 13.0 Å². The van der Waals surface area contributed by atoms with E-state index in [1.807, 2.05) is 12.1 Å². The number of hydrogen-bond donors (Lipinski definition) is 2. The van der Waals surface area contributed by atoms with Crippen LogP contribution >= 0.6 is 0 Å². The van der Waals surface area contributed by atoms with Crippen molar-refractivity contribution in [1.82, 2.24) is 5.48 Å². The van der Waals surface area contributed by atoms with Crippen molar-refractivity contribution in [1.29, 1.82) is 0 Å². The van der Waals surface area contributed by atoms with Gasteiger partial charge in [-0.25, -0.2) is 5.48 Å². The molecule has 0 saturated carbocycles. The van der Waals surface area contributed by atoms with Crippen LogP contribution in [0.15, 0.2) is 12.1 Å². The van der Waals surface area contributed by atoms with Crippen molar-refractivity contribution in [2.45, 2.75) is 26.3 Å². The van der Waals surface area contributed by atoms with Crippen LogP contribution in [0, 0.1) is 0 Å². The zero-order chi connectivity index (χ0) is 12.0. The first-order valence-electron chi connectivity index (χ1n) is 5.37. The van der Waals surface area contributed by atoms with Gasteiger partial charge in [-0.15, -0.1) is 0 Å². The highest BCUT2D eigenvalue weighted by molar-refractivity contribution is 5.48. The third kappa shape index (κ3) is 2.87. The number of benzene rings is 1. The second-order valence-corrected chi connectivity index (χ2v) is 3.56. The zero-order valence-electron chi connectivity index (χ0n) is 10.0. The van der Waals surface area contributed by atoms with Gasteiger partial charge in [0.1, 0.15) is 11.5 Å². The molecular formula is C12H19NO3. The number of nitrogens with one attached hydrogen (secondary N) is 1. The van der Waals surface area contributed by atoms with Crippen LogP contribution in [0.5, 0.6) is 11.5 Å². The van der Waals surface area contributed by atoms with E-state index in [2.05, 4.69) is 12.4 Å². The fourth-order valence-corrected chi connectivity index (χ4v) is 1.73. The summed E-state index contributed by atoms with van der Waals surface area (Å²) in [7, 11) is 3.29. The maximum atomic E-state index is 8.69. The zero-order valence-corrected chi connectivity index (χ0v) is 10.0. The number of ether oxygens (including phenoxy) is 2. The lowest BCUT2D eigenvalue weighted by molar-refractivity contribution is 0.161. The molecule has 0 aliphatic carbocycles. The highest BCUT2D eigenvalue weighted by atomic mass is 16.5. The third-order valence-corrected chi connectivity index (χ3v) is 2.45. The average Bonchev–Trinajstić information content (AvgIpc) is 2.31. The highest BCUT2D eigenvalue weighted by Crippen LogP contribution is 2.31. The number of rotatable bonds is 6. The van der Waals surface area contributed by atoms with E-state index in [1.165, 1.54) is 0 Å². The first kappa shape index (κ1) is 12.8. The topological polar surface area (TPSA) is 50.7 Å². The van der Waals surface area contributed by atoms with Gasteiger partial charge in [0.2, 0.25) is 0 Å². The van der Waals surface area contributed by atoms with Gasteiger partial charge < -0.3 is 14.7 Å². The SMILES string of the molecule is CCCc1c(OC)cc(CNO)cc1OC. The molecule has 0 aliphatic rings. The quantitative estimate of drug-likeness (QED) is 0.728. The summed E-state index contributed by atoms with van der Waals surface area (Å²) in [5.41, 5.74) is 4.13. The Morgan fingerprint density at radius 3 is 2.12 bits per heavy atom. The van der Waals surface area contributed by atoms with Crippen molar-refractivity contribution in [2.24, 2.45) is 0 Å². The summed E-state index contributed by atoms with van der Waals surface area (Å²) in [4.78, 5) is 0. The summed E-state index contributed by atoms with van der Waals surface area (Å²) in [5.74, 6) is 1.62. The lowest BCUT2D eigenvalue weighted by atomic mass is 10.0.